The fourth-order valence-corrected chi connectivity index (χ4v) is 1.80. The van der Waals surface area contributed by atoms with Crippen LogP contribution in [0.25, 0.3) is 11.3 Å². The van der Waals surface area contributed by atoms with Gasteiger partial charge in [0.2, 0.25) is 0 Å². The zero-order valence-electron chi connectivity index (χ0n) is 9.08. The molecule has 1 aromatic carbocycles. The lowest BCUT2D eigenvalue weighted by Gasteiger charge is -2.02. The van der Waals surface area contributed by atoms with Gasteiger partial charge in [0.1, 0.15) is 5.76 Å². The van der Waals surface area contributed by atoms with Gasteiger partial charge in [-0.15, -0.1) is 0 Å². The minimum Gasteiger partial charge on any atom is -0.453 e. The van der Waals surface area contributed by atoms with E-state index >= 15 is 0 Å². The Hall–Kier alpha value is -1.54. The maximum Gasteiger partial charge on any atom is 0.194 e. The van der Waals surface area contributed by atoms with E-state index in [-0.39, 0.29) is 5.78 Å². The van der Waals surface area contributed by atoms with Crippen molar-refractivity contribution in [1.29, 1.82) is 0 Å². The number of rotatable bonds is 2. The number of hydrogen-bond donors (Lipinski definition) is 0. The first-order valence-electron chi connectivity index (χ1n) is 4.95. The third-order valence-corrected chi connectivity index (χ3v) is 2.64. The molecular formula is C13H11ClO2. The number of carbonyl (C=O) groups is 1. The van der Waals surface area contributed by atoms with Gasteiger partial charge in [-0.2, -0.15) is 0 Å². The molecule has 0 bridgehead atoms. The number of aryl methyl sites for hydroxylation is 1. The van der Waals surface area contributed by atoms with Crippen LogP contribution < -0.4 is 0 Å². The van der Waals surface area contributed by atoms with Gasteiger partial charge in [0.15, 0.2) is 11.5 Å². The van der Waals surface area contributed by atoms with Crippen molar-refractivity contribution in [3.05, 3.63) is 46.7 Å². The zero-order chi connectivity index (χ0) is 11.7. The second kappa shape index (κ2) is 4.14. The Morgan fingerprint density at radius 2 is 2.00 bits per heavy atom. The molecule has 0 saturated carbocycles. The van der Waals surface area contributed by atoms with E-state index in [4.69, 9.17) is 16.0 Å². The van der Waals surface area contributed by atoms with Gasteiger partial charge < -0.3 is 4.42 Å². The number of halogens is 1. The molecule has 1 aromatic heterocycles. The summed E-state index contributed by atoms with van der Waals surface area (Å²) in [6.07, 6.45) is 0. The van der Waals surface area contributed by atoms with Crippen molar-refractivity contribution in [2.75, 3.05) is 0 Å². The number of hydrogen-bond acceptors (Lipinski definition) is 2. The maximum atomic E-state index is 11.1. The van der Waals surface area contributed by atoms with Crippen molar-refractivity contribution in [3.63, 3.8) is 0 Å². The lowest BCUT2D eigenvalue weighted by molar-refractivity contribution is 0.0988. The SMILES string of the molecule is CC(=O)c1ccc(-c2ccc(Cl)cc2C)o1. The molecule has 3 heteroatoms. The molecule has 2 nitrogen and oxygen atoms in total. The van der Waals surface area contributed by atoms with Crippen molar-refractivity contribution < 1.29 is 9.21 Å². The van der Waals surface area contributed by atoms with Gasteiger partial charge in [-0.3, -0.25) is 4.79 Å². The van der Waals surface area contributed by atoms with Crippen LogP contribution >= 0.6 is 11.6 Å². The summed E-state index contributed by atoms with van der Waals surface area (Å²) >= 11 is 5.88. The first-order chi connectivity index (χ1) is 7.58. The van der Waals surface area contributed by atoms with Gasteiger partial charge in [0.25, 0.3) is 0 Å². The standard InChI is InChI=1S/C13H11ClO2/c1-8-7-10(14)3-4-11(8)13-6-5-12(16-13)9(2)15/h3-7H,1-2H3. The van der Waals surface area contributed by atoms with E-state index < -0.39 is 0 Å². The second-order valence-electron chi connectivity index (χ2n) is 3.68. The molecule has 0 amide bonds. The predicted octanol–water partition coefficient (Wildman–Crippen LogP) is 4.11. The predicted molar refractivity (Wildman–Crippen MR) is 63.9 cm³/mol. The molecule has 0 atom stereocenters. The molecule has 1 heterocycles. The van der Waals surface area contributed by atoms with E-state index in [1.165, 1.54) is 6.92 Å². The van der Waals surface area contributed by atoms with Crippen LogP contribution in [0.5, 0.6) is 0 Å². The quantitative estimate of drug-likeness (QED) is 0.732. The second-order valence-corrected chi connectivity index (χ2v) is 4.12. The topological polar surface area (TPSA) is 30.2 Å². The molecule has 0 aliphatic carbocycles. The summed E-state index contributed by atoms with van der Waals surface area (Å²) in [5, 5.41) is 0.694. The van der Waals surface area contributed by atoms with Gasteiger partial charge >= 0.3 is 0 Å². The molecule has 0 unspecified atom stereocenters. The Kier molecular flexibility index (Phi) is 2.84. The van der Waals surface area contributed by atoms with Crippen LogP contribution in [0.3, 0.4) is 0 Å². The lowest BCUT2D eigenvalue weighted by Crippen LogP contribution is -1.86. The number of ketones is 1. The average Bonchev–Trinajstić information content (AvgIpc) is 2.66. The monoisotopic (exact) mass is 234 g/mol. The Labute approximate surface area is 98.8 Å². The summed E-state index contributed by atoms with van der Waals surface area (Å²) in [4.78, 5) is 11.1. The lowest BCUT2D eigenvalue weighted by atomic mass is 10.1. The highest BCUT2D eigenvalue weighted by molar-refractivity contribution is 6.30. The van der Waals surface area contributed by atoms with E-state index in [1.807, 2.05) is 19.1 Å². The van der Waals surface area contributed by atoms with Crippen molar-refractivity contribution in [1.82, 2.24) is 0 Å². The molecule has 0 spiro atoms. The van der Waals surface area contributed by atoms with Gasteiger partial charge in [-0.1, -0.05) is 11.6 Å². The molecule has 0 radical (unpaired) electrons. The molecule has 2 rings (SSSR count). The summed E-state index contributed by atoms with van der Waals surface area (Å²) in [7, 11) is 0. The Morgan fingerprint density at radius 1 is 1.25 bits per heavy atom. The summed E-state index contributed by atoms with van der Waals surface area (Å²) < 4.78 is 5.46. The summed E-state index contributed by atoms with van der Waals surface area (Å²) in [6, 6.07) is 9.05. The van der Waals surface area contributed by atoms with Crippen LogP contribution in [0, 0.1) is 6.92 Å². The molecule has 0 aliphatic rings. The first kappa shape index (κ1) is 11.0. The van der Waals surface area contributed by atoms with Gasteiger partial charge in [0.05, 0.1) is 0 Å². The molecule has 0 fully saturated rings. The largest absolute Gasteiger partial charge is 0.453 e. The van der Waals surface area contributed by atoms with Crippen molar-refractivity contribution in [3.8, 4) is 11.3 Å². The van der Waals surface area contributed by atoms with E-state index in [1.54, 1.807) is 18.2 Å². The number of benzene rings is 1. The summed E-state index contributed by atoms with van der Waals surface area (Å²) in [5.41, 5.74) is 1.98. The van der Waals surface area contributed by atoms with E-state index in [9.17, 15) is 4.79 Å². The van der Waals surface area contributed by atoms with E-state index in [0.717, 1.165) is 11.1 Å². The normalized spacial score (nSPS) is 10.4. The molecule has 82 valence electrons. The van der Waals surface area contributed by atoms with Crippen LogP contribution in [0.15, 0.2) is 34.7 Å². The zero-order valence-corrected chi connectivity index (χ0v) is 9.84. The van der Waals surface area contributed by atoms with Crippen LogP contribution in [0.1, 0.15) is 23.0 Å². The third-order valence-electron chi connectivity index (χ3n) is 2.41. The summed E-state index contributed by atoms with van der Waals surface area (Å²) in [6.45, 7) is 3.44. The third kappa shape index (κ3) is 2.02. The smallest absolute Gasteiger partial charge is 0.194 e. The highest BCUT2D eigenvalue weighted by Crippen LogP contribution is 2.27. The average molecular weight is 235 g/mol. The highest BCUT2D eigenvalue weighted by Gasteiger charge is 2.09. The van der Waals surface area contributed by atoms with Crippen LogP contribution in [0.4, 0.5) is 0 Å². The number of Topliss-reactive ketones (excluding diaryl/α,β-unsaturated/α-hetero) is 1. The summed E-state index contributed by atoms with van der Waals surface area (Å²) in [5.74, 6) is 1.00. The molecular weight excluding hydrogens is 224 g/mol. The van der Waals surface area contributed by atoms with E-state index in [0.29, 0.717) is 16.5 Å². The van der Waals surface area contributed by atoms with Crippen LogP contribution in [-0.4, -0.2) is 5.78 Å². The van der Waals surface area contributed by atoms with Gasteiger partial charge in [-0.25, -0.2) is 0 Å². The number of carbonyl (C=O) groups excluding carboxylic acids is 1. The minimum absolute atomic E-state index is 0.0714. The Morgan fingerprint density at radius 3 is 2.56 bits per heavy atom. The fraction of sp³-hybridized carbons (Fsp3) is 0.154. The minimum atomic E-state index is -0.0714. The Bertz CT molecular complexity index is 541. The maximum absolute atomic E-state index is 11.1. The van der Waals surface area contributed by atoms with Crippen molar-refractivity contribution in [2.45, 2.75) is 13.8 Å². The van der Waals surface area contributed by atoms with Gasteiger partial charge in [-0.05, 0) is 42.8 Å². The van der Waals surface area contributed by atoms with E-state index in [2.05, 4.69) is 0 Å². The highest BCUT2D eigenvalue weighted by atomic mass is 35.5. The molecule has 16 heavy (non-hydrogen) atoms. The molecule has 0 saturated heterocycles. The first-order valence-corrected chi connectivity index (χ1v) is 5.33. The molecule has 0 N–H and O–H groups in total. The molecule has 0 aliphatic heterocycles. The fourth-order valence-electron chi connectivity index (χ4n) is 1.58. The Balaban J connectivity index is 2.46. The number of furan rings is 1. The van der Waals surface area contributed by atoms with Crippen molar-refractivity contribution in [2.24, 2.45) is 0 Å². The van der Waals surface area contributed by atoms with Gasteiger partial charge in [0, 0.05) is 17.5 Å². The molecule has 2 aromatic rings. The van der Waals surface area contributed by atoms with Crippen LogP contribution in [-0.2, 0) is 0 Å². The van der Waals surface area contributed by atoms with Crippen LogP contribution in [0.2, 0.25) is 5.02 Å². The van der Waals surface area contributed by atoms with Crippen molar-refractivity contribution >= 4 is 17.4 Å².